The molecule has 0 bridgehead atoms. The number of nitrogen functional groups attached to an aromatic ring is 1. The van der Waals surface area contributed by atoms with E-state index < -0.39 is 0 Å². The monoisotopic (exact) mass is 397 g/mol. The van der Waals surface area contributed by atoms with Crippen LogP contribution in [0.4, 0.5) is 5.95 Å². The predicted molar refractivity (Wildman–Crippen MR) is 110 cm³/mol. The highest BCUT2D eigenvalue weighted by atomic mass is 35.5. The van der Waals surface area contributed by atoms with E-state index in [1.54, 1.807) is 7.11 Å². The highest BCUT2D eigenvalue weighted by Gasteiger charge is 2.08. The van der Waals surface area contributed by atoms with Gasteiger partial charge in [-0.1, -0.05) is 22.8 Å². The van der Waals surface area contributed by atoms with Crippen LogP contribution < -0.4 is 10.5 Å². The number of nitrogens with two attached hydrogens (primary N) is 1. The molecule has 1 aromatic heterocycles. The highest BCUT2D eigenvalue weighted by Crippen LogP contribution is 2.19. The third kappa shape index (κ3) is 4.72. The van der Waals surface area contributed by atoms with Crippen LogP contribution in [0.25, 0.3) is 0 Å². The van der Waals surface area contributed by atoms with Crippen molar-refractivity contribution in [3.8, 4) is 5.75 Å². The number of anilines is 1. The van der Waals surface area contributed by atoms with Gasteiger partial charge in [-0.25, -0.2) is 0 Å². The van der Waals surface area contributed by atoms with Gasteiger partial charge in [0.15, 0.2) is 0 Å². The molecule has 3 rings (SSSR count). The van der Waals surface area contributed by atoms with Gasteiger partial charge in [0.05, 0.1) is 25.1 Å². The van der Waals surface area contributed by atoms with Crippen LogP contribution in [0.1, 0.15) is 30.5 Å². The van der Waals surface area contributed by atoms with Crippen LogP contribution in [0.5, 0.6) is 5.75 Å². The van der Waals surface area contributed by atoms with Crippen molar-refractivity contribution in [1.82, 2.24) is 20.2 Å². The predicted octanol–water partition coefficient (Wildman–Crippen LogP) is 3.20. The van der Waals surface area contributed by atoms with Gasteiger partial charge in [-0.2, -0.15) is 15.0 Å². The summed E-state index contributed by atoms with van der Waals surface area (Å²) in [6.45, 7) is 4.16. The van der Waals surface area contributed by atoms with Gasteiger partial charge >= 0.3 is 0 Å². The molecule has 9 heteroatoms. The van der Waals surface area contributed by atoms with Crippen molar-refractivity contribution in [1.29, 1.82) is 0 Å². The normalized spacial score (nSPS) is 12.3. The summed E-state index contributed by atoms with van der Waals surface area (Å²) in [4.78, 5) is 1.39. The lowest BCUT2D eigenvalue weighted by Gasteiger charge is -2.07. The van der Waals surface area contributed by atoms with Crippen LogP contribution in [0.2, 0.25) is 5.02 Å². The van der Waals surface area contributed by atoms with E-state index in [1.165, 1.54) is 4.80 Å². The van der Waals surface area contributed by atoms with Gasteiger partial charge in [-0.15, -0.1) is 5.10 Å². The largest absolute Gasteiger partial charge is 0.497 e. The molecule has 0 aliphatic heterocycles. The van der Waals surface area contributed by atoms with Crippen molar-refractivity contribution in [2.75, 3.05) is 12.8 Å². The molecule has 0 saturated heterocycles. The Morgan fingerprint density at radius 2 is 1.71 bits per heavy atom. The topological polar surface area (TPSA) is 104 Å². The molecule has 0 radical (unpaired) electrons. The quantitative estimate of drug-likeness (QED) is 0.508. The molecule has 0 aliphatic rings. The summed E-state index contributed by atoms with van der Waals surface area (Å²) < 4.78 is 5.17. The van der Waals surface area contributed by atoms with E-state index in [1.807, 2.05) is 56.3 Å². The Morgan fingerprint density at radius 1 is 1.07 bits per heavy atom. The third-order valence-electron chi connectivity index (χ3n) is 4.10. The van der Waals surface area contributed by atoms with E-state index in [9.17, 15) is 0 Å². The number of halogens is 1. The molecular formula is C19H20ClN7O. The number of methoxy groups -OCH3 is 1. The summed E-state index contributed by atoms with van der Waals surface area (Å²) in [5.41, 5.74) is 9.78. The second kappa shape index (κ2) is 8.62. The Hall–Kier alpha value is -3.26. The van der Waals surface area contributed by atoms with Gasteiger partial charge < -0.3 is 10.5 Å². The summed E-state index contributed by atoms with van der Waals surface area (Å²) in [5, 5.41) is 20.8. The smallest absolute Gasteiger partial charge is 0.260 e. The third-order valence-corrected chi connectivity index (χ3v) is 4.47. The maximum atomic E-state index is 6.29. The Morgan fingerprint density at radius 3 is 2.32 bits per heavy atom. The maximum absolute atomic E-state index is 6.29. The second-order valence-electron chi connectivity index (χ2n) is 6.08. The van der Waals surface area contributed by atoms with E-state index in [4.69, 9.17) is 22.1 Å². The van der Waals surface area contributed by atoms with Crippen LogP contribution in [0.15, 0.2) is 52.7 Å². The molecule has 1 heterocycles. The molecular weight excluding hydrogens is 378 g/mol. The first-order valence-electron chi connectivity index (χ1n) is 8.51. The molecule has 3 aromatic rings. The van der Waals surface area contributed by atoms with E-state index in [2.05, 4.69) is 25.6 Å². The molecule has 0 fully saturated rings. The lowest BCUT2D eigenvalue weighted by Crippen LogP contribution is -2.06. The van der Waals surface area contributed by atoms with E-state index in [-0.39, 0.29) is 5.95 Å². The molecule has 0 amide bonds. The summed E-state index contributed by atoms with van der Waals surface area (Å²) in [6.07, 6.45) is 0. The van der Waals surface area contributed by atoms with Crippen molar-refractivity contribution < 1.29 is 4.74 Å². The first-order chi connectivity index (χ1) is 13.5. The molecule has 0 saturated carbocycles. The van der Waals surface area contributed by atoms with Gasteiger partial charge in [0, 0.05) is 5.02 Å². The number of tetrazole rings is 1. The molecule has 0 aliphatic carbocycles. The minimum Gasteiger partial charge on any atom is -0.497 e. The van der Waals surface area contributed by atoms with Gasteiger partial charge in [0.25, 0.3) is 5.95 Å². The first kappa shape index (κ1) is 19.5. The lowest BCUT2D eigenvalue weighted by atomic mass is 10.1. The average molecular weight is 398 g/mol. The Labute approximate surface area is 167 Å². The van der Waals surface area contributed by atoms with Crippen LogP contribution in [0.3, 0.4) is 0 Å². The summed E-state index contributed by atoms with van der Waals surface area (Å²) in [6, 6.07) is 13.3. The molecule has 28 heavy (non-hydrogen) atoms. The number of hydrogen-bond acceptors (Lipinski definition) is 7. The Balaban J connectivity index is 1.80. The molecule has 8 nitrogen and oxygen atoms in total. The first-order valence-corrected chi connectivity index (χ1v) is 8.89. The summed E-state index contributed by atoms with van der Waals surface area (Å²) in [5.74, 6) is 0.918. The van der Waals surface area contributed by atoms with Gasteiger partial charge in [0.1, 0.15) is 5.75 Å². The zero-order valence-corrected chi connectivity index (χ0v) is 16.6. The standard InChI is InChI=1S/C19H20ClN7O/c1-12(14-4-7-17(28-3)8-5-14)22-23-13(2)15-6-9-18(20)16(10-15)11-27-25-19(21)24-26-27/h4-10H,11H2,1-3H3,(H2,21,25). The van der Waals surface area contributed by atoms with Crippen molar-refractivity contribution in [2.45, 2.75) is 20.4 Å². The minimum absolute atomic E-state index is 0.119. The van der Waals surface area contributed by atoms with Crippen LogP contribution in [-0.4, -0.2) is 38.7 Å². The molecule has 0 unspecified atom stereocenters. The highest BCUT2D eigenvalue weighted by molar-refractivity contribution is 6.31. The number of rotatable bonds is 6. The molecule has 2 N–H and O–H groups in total. The van der Waals surface area contributed by atoms with Crippen LogP contribution in [0, 0.1) is 0 Å². The number of aromatic nitrogens is 4. The number of hydrogen-bond donors (Lipinski definition) is 1. The lowest BCUT2D eigenvalue weighted by molar-refractivity contribution is 0.415. The zero-order valence-electron chi connectivity index (χ0n) is 15.8. The van der Waals surface area contributed by atoms with E-state index in [0.29, 0.717) is 11.6 Å². The number of benzene rings is 2. The zero-order chi connectivity index (χ0) is 20.1. The van der Waals surface area contributed by atoms with Gasteiger partial charge in [-0.3, -0.25) is 0 Å². The fraction of sp³-hybridized carbons (Fsp3) is 0.211. The van der Waals surface area contributed by atoms with E-state index >= 15 is 0 Å². The SMILES string of the molecule is COc1ccc(C(C)=NN=C(C)c2ccc(Cl)c(Cn3nnc(N)n3)c2)cc1. The Bertz CT molecular complexity index is 1030. The van der Waals surface area contributed by atoms with Crippen molar-refractivity contribution in [3.05, 3.63) is 64.2 Å². The van der Waals surface area contributed by atoms with E-state index in [0.717, 1.165) is 33.9 Å². The van der Waals surface area contributed by atoms with Gasteiger partial charge in [0.2, 0.25) is 0 Å². The van der Waals surface area contributed by atoms with Crippen molar-refractivity contribution in [3.63, 3.8) is 0 Å². The fourth-order valence-corrected chi connectivity index (χ4v) is 2.67. The Kier molecular flexibility index (Phi) is 6.00. The minimum atomic E-state index is 0.119. The van der Waals surface area contributed by atoms with Crippen LogP contribution in [-0.2, 0) is 6.54 Å². The maximum Gasteiger partial charge on any atom is 0.260 e. The molecule has 0 spiro atoms. The number of ether oxygens (including phenoxy) is 1. The molecule has 0 atom stereocenters. The van der Waals surface area contributed by atoms with Crippen molar-refractivity contribution >= 4 is 29.0 Å². The second-order valence-corrected chi connectivity index (χ2v) is 6.49. The van der Waals surface area contributed by atoms with Gasteiger partial charge in [-0.05, 0) is 72.1 Å². The number of nitrogens with zero attached hydrogens (tertiary/aromatic N) is 6. The average Bonchev–Trinajstić information content (AvgIpc) is 3.12. The molecule has 144 valence electrons. The molecule has 2 aromatic carbocycles. The summed E-state index contributed by atoms with van der Waals surface area (Å²) >= 11 is 6.29. The van der Waals surface area contributed by atoms with Crippen LogP contribution >= 0.6 is 11.6 Å². The summed E-state index contributed by atoms with van der Waals surface area (Å²) in [7, 11) is 1.64. The van der Waals surface area contributed by atoms with Crippen molar-refractivity contribution in [2.24, 2.45) is 10.2 Å². The fourth-order valence-electron chi connectivity index (χ4n) is 2.49.